The molecule has 6 heteroatoms. The van der Waals surface area contributed by atoms with E-state index in [0.717, 1.165) is 12.8 Å². The largest absolute Gasteiger partial charge is 0.462 e. The highest BCUT2D eigenvalue weighted by atomic mass is 16.5. The first-order valence-corrected chi connectivity index (χ1v) is 7.97. The summed E-state index contributed by atoms with van der Waals surface area (Å²) in [5, 5.41) is 2.58. The van der Waals surface area contributed by atoms with Crippen LogP contribution in [0.4, 0.5) is 5.69 Å². The zero-order valence-electron chi connectivity index (χ0n) is 14.0. The minimum Gasteiger partial charge on any atom is -0.462 e. The molecule has 1 aromatic carbocycles. The van der Waals surface area contributed by atoms with Gasteiger partial charge in [0.05, 0.1) is 12.2 Å². The molecule has 1 amide bonds. The molecule has 0 aliphatic carbocycles. The topological polar surface area (TPSA) is 81.7 Å². The van der Waals surface area contributed by atoms with Gasteiger partial charge in [0.15, 0.2) is 6.61 Å². The first kappa shape index (κ1) is 19.4. The van der Waals surface area contributed by atoms with Crippen molar-refractivity contribution in [2.75, 3.05) is 18.5 Å². The van der Waals surface area contributed by atoms with Crippen LogP contribution in [0.1, 0.15) is 43.5 Å². The molecule has 24 heavy (non-hydrogen) atoms. The second-order valence-electron chi connectivity index (χ2n) is 5.03. The fraction of sp³-hybridized carbons (Fsp3) is 0.389. The van der Waals surface area contributed by atoms with Crippen LogP contribution in [0, 0.1) is 0 Å². The Kier molecular flexibility index (Phi) is 8.89. The van der Waals surface area contributed by atoms with Gasteiger partial charge >= 0.3 is 11.9 Å². The minimum absolute atomic E-state index is 0.367. The molecule has 1 N–H and O–H groups in total. The van der Waals surface area contributed by atoms with E-state index in [1.165, 1.54) is 6.08 Å². The van der Waals surface area contributed by atoms with Gasteiger partial charge in [0.2, 0.25) is 0 Å². The molecule has 0 bridgehead atoms. The van der Waals surface area contributed by atoms with Crippen molar-refractivity contribution in [3.63, 3.8) is 0 Å². The van der Waals surface area contributed by atoms with Crippen molar-refractivity contribution >= 4 is 23.5 Å². The quantitative estimate of drug-likeness (QED) is 0.427. The van der Waals surface area contributed by atoms with Crippen LogP contribution in [-0.4, -0.2) is 31.1 Å². The summed E-state index contributed by atoms with van der Waals surface area (Å²) in [4.78, 5) is 34.7. The summed E-state index contributed by atoms with van der Waals surface area (Å²) in [5.74, 6) is -1.40. The zero-order valence-corrected chi connectivity index (χ0v) is 14.0. The van der Waals surface area contributed by atoms with E-state index in [1.54, 1.807) is 30.3 Å². The number of benzene rings is 1. The van der Waals surface area contributed by atoms with E-state index in [-0.39, 0.29) is 6.61 Å². The van der Waals surface area contributed by atoms with Gasteiger partial charge in [0.25, 0.3) is 5.91 Å². The third-order valence-electron chi connectivity index (χ3n) is 2.97. The van der Waals surface area contributed by atoms with E-state index in [0.29, 0.717) is 24.3 Å². The first-order chi connectivity index (χ1) is 11.6. The van der Waals surface area contributed by atoms with Gasteiger partial charge in [-0.2, -0.15) is 0 Å². The van der Waals surface area contributed by atoms with Crippen LogP contribution < -0.4 is 5.32 Å². The van der Waals surface area contributed by atoms with Gasteiger partial charge in [0.1, 0.15) is 0 Å². The van der Waals surface area contributed by atoms with Gasteiger partial charge in [-0.1, -0.05) is 26.3 Å². The Morgan fingerprint density at radius 1 is 1.08 bits per heavy atom. The summed E-state index contributed by atoms with van der Waals surface area (Å²) in [6.07, 6.45) is 5.43. The van der Waals surface area contributed by atoms with Crippen molar-refractivity contribution < 1.29 is 23.9 Å². The van der Waals surface area contributed by atoms with E-state index < -0.39 is 17.8 Å². The molecule has 0 unspecified atom stereocenters. The minimum atomic E-state index is -0.558. The fourth-order valence-corrected chi connectivity index (χ4v) is 1.68. The molecule has 1 aromatic rings. The van der Waals surface area contributed by atoms with Crippen molar-refractivity contribution in [2.24, 2.45) is 0 Å². The van der Waals surface area contributed by atoms with E-state index in [2.05, 4.69) is 5.32 Å². The van der Waals surface area contributed by atoms with Gasteiger partial charge < -0.3 is 14.8 Å². The molecule has 0 spiro atoms. The SMILES string of the molecule is CC/C=C/C(=O)OCC(=O)Nc1ccc(C(=O)OCCCC)cc1. The number of esters is 2. The molecular formula is C18H23NO5. The zero-order chi connectivity index (χ0) is 17.8. The Morgan fingerprint density at radius 2 is 1.79 bits per heavy atom. The van der Waals surface area contributed by atoms with Gasteiger partial charge in [0, 0.05) is 11.8 Å². The van der Waals surface area contributed by atoms with E-state index in [4.69, 9.17) is 9.47 Å². The number of nitrogens with one attached hydrogen (secondary N) is 1. The number of amides is 1. The van der Waals surface area contributed by atoms with Gasteiger partial charge in [-0.25, -0.2) is 9.59 Å². The van der Waals surface area contributed by atoms with Gasteiger partial charge in [-0.3, -0.25) is 4.79 Å². The monoisotopic (exact) mass is 333 g/mol. The van der Waals surface area contributed by atoms with Crippen molar-refractivity contribution in [3.05, 3.63) is 42.0 Å². The first-order valence-electron chi connectivity index (χ1n) is 7.97. The van der Waals surface area contributed by atoms with Crippen molar-refractivity contribution in [1.82, 2.24) is 0 Å². The standard InChI is InChI=1S/C18H23NO5/c1-3-5-7-17(21)24-13-16(20)19-15-10-8-14(9-11-15)18(22)23-12-6-4-2/h5,7-11H,3-4,6,12-13H2,1-2H3,(H,19,20)/b7-5+. The average Bonchev–Trinajstić information content (AvgIpc) is 2.59. The summed E-state index contributed by atoms with van der Waals surface area (Å²) in [6, 6.07) is 6.32. The highest BCUT2D eigenvalue weighted by Crippen LogP contribution is 2.11. The fourth-order valence-electron chi connectivity index (χ4n) is 1.68. The second kappa shape index (κ2) is 11.0. The molecule has 0 radical (unpaired) electrons. The van der Waals surface area contributed by atoms with Crippen molar-refractivity contribution in [1.29, 1.82) is 0 Å². The average molecular weight is 333 g/mol. The normalized spacial score (nSPS) is 10.4. The van der Waals surface area contributed by atoms with Gasteiger partial charge in [-0.15, -0.1) is 0 Å². The number of carbonyl (C=O) groups excluding carboxylic acids is 3. The Balaban J connectivity index is 2.43. The van der Waals surface area contributed by atoms with E-state index in [9.17, 15) is 14.4 Å². The highest BCUT2D eigenvalue weighted by Gasteiger charge is 2.09. The molecule has 0 atom stereocenters. The lowest BCUT2D eigenvalue weighted by molar-refractivity contribution is -0.142. The predicted molar refractivity (Wildman–Crippen MR) is 90.7 cm³/mol. The summed E-state index contributed by atoms with van der Waals surface area (Å²) in [5.41, 5.74) is 0.922. The van der Waals surface area contributed by atoms with Crippen molar-refractivity contribution in [2.45, 2.75) is 33.1 Å². The Morgan fingerprint density at radius 3 is 2.42 bits per heavy atom. The lowest BCUT2D eigenvalue weighted by atomic mass is 10.2. The summed E-state index contributed by atoms with van der Waals surface area (Å²) < 4.78 is 9.88. The second-order valence-corrected chi connectivity index (χ2v) is 5.03. The van der Waals surface area contributed by atoms with E-state index >= 15 is 0 Å². The third-order valence-corrected chi connectivity index (χ3v) is 2.97. The Hall–Kier alpha value is -2.63. The summed E-state index contributed by atoms with van der Waals surface area (Å²) >= 11 is 0. The number of unbranched alkanes of at least 4 members (excludes halogenated alkanes) is 1. The number of hydrogen-bond acceptors (Lipinski definition) is 5. The number of hydrogen-bond donors (Lipinski definition) is 1. The Bertz CT molecular complexity index is 578. The number of carbonyl (C=O) groups is 3. The predicted octanol–water partition coefficient (Wildman–Crippen LogP) is 3.09. The van der Waals surface area contributed by atoms with Crippen LogP contribution in [0.5, 0.6) is 0 Å². The number of anilines is 1. The highest BCUT2D eigenvalue weighted by molar-refractivity contribution is 5.95. The molecule has 0 heterocycles. The maximum atomic E-state index is 11.7. The summed E-state index contributed by atoms with van der Waals surface area (Å²) in [6.45, 7) is 3.93. The van der Waals surface area contributed by atoms with Crippen LogP contribution >= 0.6 is 0 Å². The molecule has 0 fully saturated rings. The lowest BCUT2D eigenvalue weighted by Gasteiger charge is -2.07. The molecule has 6 nitrogen and oxygen atoms in total. The molecule has 130 valence electrons. The molecule has 1 rings (SSSR count). The molecule has 0 saturated heterocycles. The molecular weight excluding hydrogens is 310 g/mol. The van der Waals surface area contributed by atoms with Crippen LogP contribution in [-0.2, 0) is 19.1 Å². The third kappa shape index (κ3) is 7.58. The van der Waals surface area contributed by atoms with Crippen LogP contribution in [0.2, 0.25) is 0 Å². The lowest BCUT2D eigenvalue weighted by Crippen LogP contribution is -2.20. The molecule has 0 aromatic heterocycles. The molecule has 0 aliphatic heterocycles. The number of allylic oxidation sites excluding steroid dienone is 1. The summed E-state index contributed by atoms with van der Waals surface area (Å²) in [7, 11) is 0. The molecule has 0 aliphatic rings. The number of ether oxygens (including phenoxy) is 2. The van der Waals surface area contributed by atoms with Crippen LogP contribution in [0.25, 0.3) is 0 Å². The van der Waals surface area contributed by atoms with E-state index in [1.807, 2.05) is 13.8 Å². The van der Waals surface area contributed by atoms with Gasteiger partial charge in [-0.05, 0) is 37.1 Å². The van der Waals surface area contributed by atoms with Crippen molar-refractivity contribution in [3.8, 4) is 0 Å². The maximum absolute atomic E-state index is 11.7. The smallest absolute Gasteiger partial charge is 0.338 e. The molecule has 0 saturated carbocycles. The van der Waals surface area contributed by atoms with Crippen LogP contribution in [0.3, 0.4) is 0 Å². The Labute approximate surface area is 141 Å². The maximum Gasteiger partial charge on any atom is 0.338 e. The number of rotatable bonds is 9. The van der Waals surface area contributed by atoms with Crippen LogP contribution in [0.15, 0.2) is 36.4 Å².